The van der Waals surface area contributed by atoms with Gasteiger partial charge in [0.25, 0.3) is 0 Å². The number of unbranched alkanes of at least 4 members (excludes halogenated alkanes) is 1. The van der Waals surface area contributed by atoms with E-state index in [2.05, 4.69) is 67.6 Å². The maximum absolute atomic E-state index is 6.05. The minimum absolute atomic E-state index is 0. The second kappa shape index (κ2) is 12.0. The summed E-state index contributed by atoms with van der Waals surface area (Å²) in [5.74, 6) is 0.346. The Kier molecular flexibility index (Phi) is 11.3. The molecule has 1 aliphatic carbocycles. The van der Waals surface area contributed by atoms with Gasteiger partial charge in [-0.2, -0.15) is 0 Å². The standard InChI is InChI=1S/C23H22Cl3Si.2ClH.Zr/c1-16-14-17-8-2-4-11-20(17)22(16)23-19(10-6-7-13-27(24,25)26)15-18-9-3-5-12-21(18)23;;;/h2-5,8-9,11-12,14-15,22H,6-7,10,13H2,1H3;2*1H;/q-1;;;+3/p-2. The molecule has 0 aliphatic heterocycles. The molecule has 4 rings (SSSR count). The number of benzene rings is 2. The molecular formula is C23H22Cl5SiZr. The molecule has 0 fully saturated rings. The zero-order valence-electron chi connectivity index (χ0n) is 16.6. The zero-order chi connectivity index (χ0) is 19.0. The minimum Gasteiger partial charge on any atom is -1.00 e. The van der Waals surface area contributed by atoms with Gasteiger partial charge in [0.15, 0.2) is 0 Å². The van der Waals surface area contributed by atoms with E-state index in [0.29, 0.717) is 5.92 Å². The van der Waals surface area contributed by atoms with E-state index in [1.54, 1.807) is 0 Å². The molecule has 7 heteroatoms. The van der Waals surface area contributed by atoms with E-state index in [4.69, 9.17) is 33.2 Å². The minimum atomic E-state index is -2.52. The Bertz CT molecular complexity index is 1010. The van der Waals surface area contributed by atoms with Crippen LogP contribution in [0.15, 0.2) is 60.2 Å². The first kappa shape index (κ1) is 28.4. The largest absolute Gasteiger partial charge is 3.00 e. The molecule has 157 valence electrons. The Hall–Kier alpha value is 0.340. The van der Waals surface area contributed by atoms with Crippen molar-refractivity contribution in [3.05, 3.63) is 82.4 Å². The van der Waals surface area contributed by atoms with Gasteiger partial charge in [0.05, 0.1) is 0 Å². The summed E-state index contributed by atoms with van der Waals surface area (Å²) in [4.78, 5) is 0. The van der Waals surface area contributed by atoms with Crippen molar-refractivity contribution in [2.45, 2.75) is 38.1 Å². The van der Waals surface area contributed by atoms with Crippen molar-refractivity contribution >= 4 is 56.1 Å². The van der Waals surface area contributed by atoms with Crippen LogP contribution in [0.1, 0.15) is 47.9 Å². The van der Waals surface area contributed by atoms with Gasteiger partial charge in [0.2, 0.25) is 0 Å². The van der Waals surface area contributed by atoms with E-state index in [1.165, 1.54) is 38.6 Å². The molecule has 0 bridgehead atoms. The van der Waals surface area contributed by atoms with Gasteiger partial charge in [-0.1, -0.05) is 54.8 Å². The van der Waals surface area contributed by atoms with Gasteiger partial charge in [-0.15, -0.1) is 79.4 Å². The van der Waals surface area contributed by atoms with Crippen LogP contribution in [0.5, 0.6) is 0 Å². The normalized spacial score (nSPS) is 14.9. The molecule has 0 aromatic heterocycles. The van der Waals surface area contributed by atoms with Crippen LogP contribution in [0, 0.1) is 0 Å². The van der Waals surface area contributed by atoms with Crippen LogP contribution < -0.4 is 24.8 Å². The quantitative estimate of drug-likeness (QED) is 0.178. The first-order chi connectivity index (χ1) is 12.9. The fourth-order valence-electron chi connectivity index (χ4n) is 4.36. The number of aryl methyl sites for hydroxylation is 1. The smallest absolute Gasteiger partial charge is 1.00 e. The van der Waals surface area contributed by atoms with Gasteiger partial charge in [-0.05, 0) is 36.4 Å². The summed E-state index contributed by atoms with van der Waals surface area (Å²) in [6.45, 7) is 2.25. The first-order valence-corrected chi connectivity index (χ1v) is 14.7. The summed E-state index contributed by atoms with van der Waals surface area (Å²) >= 11 is 18.2. The molecular weight excluding hydrogens is 573 g/mol. The summed E-state index contributed by atoms with van der Waals surface area (Å²) in [7, 11) is 0. The van der Waals surface area contributed by atoms with Gasteiger partial charge in [0, 0.05) is 0 Å². The number of allylic oxidation sites excluding steroid dienone is 1. The second-order valence-corrected chi connectivity index (χ2v) is 16.7. The van der Waals surface area contributed by atoms with Crippen molar-refractivity contribution < 1.29 is 51.0 Å². The molecule has 0 heterocycles. The number of halogens is 5. The van der Waals surface area contributed by atoms with Crippen molar-refractivity contribution in [1.29, 1.82) is 0 Å². The molecule has 30 heavy (non-hydrogen) atoms. The van der Waals surface area contributed by atoms with Gasteiger partial charge in [-0.25, -0.2) is 0 Å². The topological polar surface area (TPSA) is 0 Å². The maximum atomic E-state index is 6.05. The van der Waals surface area contributed by atoms with Gasteiger partial charge < -0.3 is 24.8 Å². The van der Waals surface area contributed by atoms with Crippen LogP contribution in [0.25, 0.3) is 16.8 Å². The fourth-order valence-corrected chi connectivity index (χ4v) is 6.21. The maximum Gasteiger partial charge on any atom is 3.00 e. The third-order valence-electron chi connectivity index (χ3n) is 5.52. The van der Waals surface area contributed by atoms with Crippen LogP contribution >= 0.6 is 33.2 Å². The van der Waals surface area contributed by atoms with Crippen molar-refractivity contribution in [2.75, 3.05) is 0 Å². The average Bonchev–Trinajstić information content (AvgIpc) is 3.14. The van der Waals surface area contributed by atoms with Crippen LogP contribution in [-0.2, 0) is 32.6 Å². The molecule has 1 atom stereocenters. The van der Waals surface area contributed by atoms with E-state index in [9.17, 15) is 0 Å². The van der Waals surface area contributed by atoms with E-state index < -0.39 is 6.00 Å². The monoisotopic (exact) mass is 591 g/mol. The van der Waals surface area contributed by atoms with E-state index in [0.717, 1.165) is 25.3 Å². The molecule has 3 aromatic rings. The molecule has 3 aromatic carbocycles. The predicted molar refractivity (Wildman–Crippen MR) is 123 cm³/mol. The van der Waals surface area contributed by atoms with Crippen molar-refractivity contribution in [2.24, 2.45) is 0 Å². The summed E-state index contributed by atoms with van der Waals surface area (Å²) in [6, 6.07) is 18.1. The molecule has 1 aliphatic rings. The molecule has 0 amide bonds. The van der Waals surface area contributed by atoms with Crippen molar-refractivity contribution in [3.8, 4) is 0 Å². The Morgan fingerprint density at radius 2 is 1.60 bits per heavy atom. The molecule has 1 radical (unpaired) electrons. The SMILES string of the molecule is CC1=Cc2ccccc2C1c1c(CCCC[Si](Cl)(Cl)Cl)[cH-]c2ccccc12.[Cl-].[Cl-].[Zr+3]. The van der Waals surface area contributed by atoms with Crippen molar-refractivity contribution in [3.63, 3.8) is 0 Å². The Balaban J connectivity index is 0.00000150. The second-order valence-electron chi connectivity index (χ2n) is 7.44. The van der Waals surface area contributed by atoms with Crippen LogP contribution in [0.3, 0.4) is 0 Å². The average molecular weight is 595 g/mol. The fraction of sp³-hybridized carbons (Fsp3) is 0.261. The molecule has 1 unspecified atom stereocenters. The third kappa shape index (κ3) is 6.22. The molecule has 0 spiro atoms. The summed E-state index contributed by atoms with van der Waals surface area (Å²) in [6.07, 6.45) is 5.40. The van der Waals surface area contributed by atoms with Gasteiger partial charge >= 0.3 is 32.2 Å². The Morgan fingerprint density at radius 3 is 2.33 bits per heavy atom. The number of rotatable bonds is 6. The van der Waals surface area contributed by atoms with Crippen LogP contribution in [-0.4, -0.2) is 6.00 Å². The van der Waals surface area contributed by atoms with Crippen LogP contribution in [0.2, 0.25) is 6.04 Å². The number of hydrogen-bond acceptors (Lipinski definition) is 0. The zero-order valence-corrected chi connectivity index (χ0v) is 23.8. The molecule has 0 N–H and O–H groups in total. The molecule has 0 nitrogen and oxygen atoms in total. The first-order valence-electron chi connectivity index (χ1n) is 9.45. The van der Waals surface area contributed by atoms with Crippen LogP contribution in [0.4, 0.5) is 0 Å². The Labute approximate surface area is 225 Å². The van der Waals surface area contributed by atoms with Gasteiger partial charge in [0.1, 0.15) is 0 Å². The van der Waals surface area contributed by atoms with E-state index in [-0.39, 0.29) is 51.0 Å². The Morgan fingerprint density at radius 1 is 0.933 bits per heavy atom. The van der Waals surface area contributed by atoms with E-state index >= 15 is 0 Å². The van der Waals surface area contributed by atoms with E-state index in [1.807, 2.05) is 0 Å². The predicted octanol–water partition coefficient (Wildman–Crippen LogP) is 2.09. The van der Waals surface area contributed by atoms with Crippen molar-refractivity contribution in [1.82, 2.24) is 0 Å². The third-order valence-corrected chi connectivity index (χ3v) is 8.14. The number of hydrogen-bond donors (Lipinski definition) is 0. The summed E-state index contributed by atoms with van der Waals surface area (Å²) < 4.78 is 0. The summed E-state index contributed by atoms with van der Waals surface area (Å²) in [5, 5.41) is 2.70. The number of fused-ring (bicyclic) bond motifs is 2. The van der Waals surface area contributed by atoms with Gasteiger partial charge in [-0.3, -0.25) is 0 Å². The molecule has 0 saturated carbocycles. The molecule has 0 saturated heterocycles. The summed E-state index contributed by atoms with van der Waals surface area (Å²) in [5.41, 5.74) is 7.09.